The first-order valence-corrected chi connectivity index (χ1v) is 7.08. The summed E-state index contributed by atoms with van der Waals surface area (Å²) in [5, 5.41) is 2.92. The quantitative estimate of drug-likeness (QED) is 0.451. The highest BCUT2D eigenvalue weighted by atomic mass is 15.0. The molecule has 0 amide bonds. The van der Waals surface area contributed by atoms with E-state index in [2.05, 4.69) is 44.2 Å². The molecule has 2 heteroatoms. The van der Waals surface area contributed by atoms with Gasteiger partial charge in [0.15, 0.2) is 0 Å². The maximum Gasteiger partial charge on any atom is 0.117 e. The molecule has 0 radical (unpaired) electrons. The van der Waals surface area contributed by atoms with Crippen molar-refractivity contribution in [3.63, 3.8) is 0 Å². The Labute approximate surface area is 113 Å². The van der Waals surface area contributed by atoms with E-state index < -0.39 is 0 Å². The second-order valence-corrected chi connectivity index (χ2v) is 5.24. The number of nitrogens with one attached hydrogen (secondary N) is 1. The third kappa shape index (κ3) is 7.31. The zero-order chi connectivity index (χ0) is 14.0. The molecule has 1 N–H and O–H groups in total. The van der Waals surface area contributed by atoms with Gasteiger partial charge in [-0.3, -0.25) is 0 Å². The van der Waals surface area contributed by atoms with Gasteiger partial charge in [0.05, 0.1) is 0 Å². The summed E-state index contributed by atoms with van der Waals surface area (Å²) < 4.78 is 0. The van der Waals surface area contributed by atoms with Crippen molar-refractivity contribution in [2.75, 3.05) is 7.05 Å². The molecule has 3 unspecified atom stereocenters. The van der Waals surface area contributed by atoms with Gasteiger partial charge in [-0.1, -0.05) is 52.7 Å². The molecule has 0 rings (SSSR count). The van der Waals surface area contributed by atoms with Crippen LogP contribution in [0.15, 0.2) is 30.0 Å². The Morgan fingerprint density at radius 3 is 2.44 bits per heavy atom. The Balaban J connectivity index is 4.18. The molecule has 0 bridgehead atoms. The van der Waals surface area contributed by atoms with Crippen LogP contribution < -0.4 is 5.32 Å². The molecule has 0 aromatic rings. The normalized spacial score (nSPS) is 16.2. The summed E-state index contributed by atoms with van der Waals surface area (Å²) in [7, 11) is 1.83. The molecule has 0 saturated heterocycles. The summed E-state index contributed by atoms with van der Waals surface area (Å²) in [4.78, 5) is 4.30. The first-order valence-electron chi connectivity index (χ1n) is 7.08. The highest BCUT2D eigenvalue weighted by Crippen LogP contribution is 2.22. The van der Waals surface area contributed by atoms with Crippen molar-refractivity contribution in [1.29, 1.82) is 0 Å². The van der Waals surface area contributed by atoms with Crippen LogP contribution >= 0.6 is 0 Å². The summed E-state index contributed by atoms with van der Waals surface area (Å²) in [6, 6.07) is 0. The molecule has 0 aliphatic rings. The highest BCUT2D eigenvalue weighted by Gasteiger charge is 2.13. The van der Waals surface area contributed by atoms with Crippen LogP contribution in [0.3, 0.4) is 0 Å². The van der Waals surface area contributed by atoms with Crippen LogP contribution in [0.1, 0.15) is 46.5 Å². The zero-order valence-electron chi connectivity index (χ0n) is 12.6. The van der Waals surface area contributed by atoms with Crippen molar-refractivity contribution in [2.45, 2.75) is 46.5 Å². The summed E-state index contributed by atoms with van der Waals surface area (Å²) in [6.07, 6.45) is 9.08. The molecule has 0 fully saturated rings. The van der Waals surface area contributed by atoms with Gasteiger partial charge in [-0.2, -0.15) is 0 Å². The van der Waals surface area contributed by atoms with E-state index >= 15 is 0 Å². The van der Waals surface area contributed by atoms with Gasteiger partial charge in [-0.25, -0.2) is 4.99 Å². The van der Waals surface area contributed by atoms with Crippen LogP contribution in [0.4, 0.5) is 0 Å². The minimum atomic E-state index is 0.337. The molecule has 2 nitrogen and oxygen atoms in total. The minimum Gasteiger partial charge on any atom is -0.374 e. The van der Waals surface area contributed by atoms with Gasteiger partial charge in [0, 0.05) is 19.2 Å². The van der Waals surface area contributed by atoms with Gasteiger partial charge >= 0.3 is 0 Å². The Bertz CT molecular complexity index is 268. The Hall–Kier alpha value is -1.05. The monoisotopic (exact) mass is 250 g/mol. The number of allylic oxidation sites excluding steroid dienone is 1. The van der Waals surface area contributed by atoms with Crippen molar-refractivity contribution in [2.24, 2.45) is 22.7 Å². The third-order valence-corrected chi connectivity index (χ3v) is 3.52. The van der Waals surface area contributed by atoms with Gasteiger partial charge in [0.2, 0.25) is 0 Å². The van der Waals surface area contributed by atoms with E-state index in [0.717, 1.165) is 5.92 Å². The Morgan fingerprint density at radius 1 is 1.28 bits per heavy atom. The van der Waals surface area contributed by atoms with Crippen LogP contribution in [-0.4, -0.2) is 13.3 Å². The lowest BCUT2D eigenvalue weighted by atomic mass is 9.87. The van der Waals surface area contributed by atoms with E-state index in [4.69, 9.17) is 0 Å². The lowest BCUT2D eigenvalue weighted by Crippen LogP contribution is -2.13. The number of hydrogen-bond acceptors (Lipinski definition) is 2. The van der Waals surface area contributed by atoms with Gasteiger partial charge in [-0.05, 0) is 18.3 Å². The van der Waals surface area contributed by atoms with Gasteiger partial charge in [0.1, 0.15) is 5.82 Å². The van der Waals surface area contributed by atoms with Crippen LogP contribution in [-0.2, 0) is 0 Å². The molecule has 104 valence electrons. The molecule has 0 heterocycles. The highest BCUT2D eigenvalue weighted by molar-refractivity contribution is 5.64. The number of rotatable bonds is 10. The van der Waals surface area contributed by atoms with Gasteiger partial charge < -0.3 is 5.32 Å². The van der Waals surface area contributed by atoms with Crippen molar-refractivity contribution in [3.05, 3.63) is 25.1 Å². The molecular weight excluding hydrogens is 220 g/mol. The molecule has 0 saturated carbocycles. The maximum absolute atomic E-state index is 4.30. The van der Waals surface area contributed by atoms with E-state index in [1.54, 1.807) is 0 Å². The average molecular weight is 250 g/mol. The summed E-state index contributed by atoms with van der Waals surface area (Å²) >= 11 is 0. The van der Waals surface area contributed by atoms with Crippen molar-refractivity contribution in [3.8, 4) is 0 Å². The molecular formula is C16H30N2. The van der Waals surface area contributed by atoms with Crippen LogP contribution in [0, 0.1) is 17.8 Å². The lowest BCUT2D eigenvalue weighted by molar-refractivity contribution is 0.391. The molecule has 0 aromatic heterocycles. The molecule has 3 atom stereocenters. The number of aliphatic imine (C=N–C) groups is 1. The van der Waals surface area contributed by atoms with E-state index in [-0.39, 0.29) is 0 Å². The third-order valence-electron chi connectivity index (χ3n) is 3.52. The fraction of sp³-hybridized carbons (Fsp3) is 0.688. The average Bonchev–Trinajstić information content (AvgIpc) is 2.37. The van der Waals surface area contributed by atoms with Crippen LogP contribution in [0.25, 0.3) is 0 Å². The second kappa shape index (κ2) is 9.93. The Morgan fingerprint density at radius 2 is 1.94 bits per heavy atom. The topological polar surface area (TPSA) is 24.4 Å². The Kier molecular flexibility index (Phi) is 9.35. The largest absolute Gasteiger partial charge is 0.374 e. The van der Waals surface area contributed by atoms with E-state index in [1.807, 2.05) is 19.3 Å². The van der Waals surface area contributed by atoms with E-state index in [9.17, 15) is 0 Å². The predicted octanol–water partition coefficient (Wildman–Crippen LogP) is 4.40. The standard InChI is InChI=1S/C16H30N2/c1-7-9-13(3)10-11-14(4)16(8-2)12-18-15(5)17-6/h8,12-14,16-17H,2,5,7,9-11H2,1,3-4,6H3/b18-12-. The number of hydrogen-bond donors (Lipinski definition) is 1. The van der Waals surface area contributed by atoms with Gasteiger partial charge in [0.25, 0.3) is 0 Å². The van der Waals surface area contributed by atoms with E-state index in [0.29, 0.717) is 17.7 Å². The number of nitrogens with zero attached hydrogens (tertiary/aromatic N) is 1. The summed E-state index contributed by atoms with van der Waals surface area (Å²) in [6.45, 7) is 14.6. The molecule has 0 spiro atoms. The molecule has 0 aromatic carbocycles. The van der Waals surface area contributed by atoms with Crippen LogP contribution in [0.5, 0.6) is 0 Å². The summed E-state index contributed by atoms with van der Waals surface area (Å²) in [5.74, 6) is 2.46. The van der Waals surface area contributed by atoms with Crippen molar-refractivity contribution < 1.29 is 0 Å². The first kappa shape index (κ1) is 16.9. The van der Waals surface area contributed by atoms with Crippen molar-refractivity contribution in [1.82, 2.24) is 5.32 Å². The molecule has 0 aliphatic heterocycles. The zero-order valence-corrected chi connectivity index (χ0v) is 12.6. The SMILES string of the molecule is C=CC(/C=N\C(=C)NC)C(C)CCC(C)CCC. The second-order valence-electron chi connectivity index (χ2n) is 5.24. The summed E-state index contributed by atoms with van der Waals surface area (Å²) in [5.41, 5.74) is 0. The molecule has 0 aliphatic carbocycles. The van der Waals surface area contributed by atoms with Gasteiger partial charge in [-0.15, -0.1) is 6.58 Å². The van der Waals surface area contributed by atoms with E-state index in [1.165, 1.54) is 25.7 Å². The smallest absolute Gasteiger partial charge is 0.117 e. The van der Waals surface area contributed by atoms with Crippen molar-refractivity contribution >= 4 is 6.21 Å². The van der Waals surface area contributed by atoms with Crippen LogP contribution in [0.2, 0.25) is 0 Å². The fourth-order valence-electron chi connectivity index (χ4n) is 2.06. The maximum atomic E-state index is 4.30. The molecule has 18 heavy (non-hydrogen) atoms. The fourth-order valence-corrected chi connectivity index (χ4v) is 2.06. The lowest BCUT2D eigenvalue weighted by Gasteiger charge is -2.19. The first-order chi connectivity index (χ1) is 8.54. The predicted molar refractivity (Wildman–Crippen MR) is 82.8 cm³/mol. The minimum absolute atomic E-state index is 0.337.